The molecule has 1 aromatic rings. The molecular weight excluding hydrogens is 224 g/mol. The number of sulfone groups is 1. The van der Waals surface area contributed by atoms with Gasteiger partial charge in [0.1, 0.15) is 0 Å². The summed E-state index contributed by atoms with van der Waals surface area (Å²) in [6.07, 6.45) is 2.03. The second-order valence-corrected chi connectivity index (χ2v) is 5.86. The summed E-state index contributed by atoms with van der Waals surface area (Å²) in [5.74, 6) is 0. The van der Waals surface area contributed by atoms with E-state index in [0.29, 0.717) is 4.90 Å². The first-order chi connectivity index (χ1) is 7.45. The zero-order chi connectivity index (χ0) is 12.2. The molecule has 0 bridgehead atoms. The predicted molar refractivity (Wildman–Crippen MR) is 65.0 cm³/mol. The van der Waals surface area contributed by atoms with Gasteiger partial charge in [0, 0.05) is 12.3 Å². The van der Waals surface area contributed by atoms with E-state index in [1.807, 2.05) is 7.05 Å². The highest BCUT2D eigenvalue weighted by Gasteiger charge is 2.09. The summed E-state index contributed by atoms with van der Waals surface area (Å²) in [7, 11) is -1.24. The minimum Gasteiger partial charge on any atom is -0.324 e. The molecule has 0 fully saturated rings. The topological polar surface area (TPSA) is 72.2 Å². The van der Waals surface area contributed by atoms with Crippen molar-refractivity contribution in [2.75, 3.05) is 19.8 Å². The summed E-state index contributed by atoms with van der Waals surface area (Å²) in [6, 6.07) is 6.70. The average molecular weight is 242 g/mol. The minimum atomic E-state index is -3.12. The molecule has 0 saturated heterocycles. The van der Waals surface area contributed by atoms with E-state index in [4.69, 9.17) is 5.73 Å². The van der Waals surface area contributed by atoms with Gasteiger partial charge in [-0.1, -0.05) is 12.1 Å². The molecule has 0 spiro atoms. The molecule has 3 N–H and O–H groups in total. The van der Waals surface area contributed by atoms with Crippen LogP contribution in [0, 0.1) is 0 Å². The Balaban J connectivity index is 2.79. The van der Waals surface area contributed by atoms with Crippen LogP contribution in [0.1, 0.15) is 18.0 Å². The number of hydrogen-bond donors (Lipinski definition) is 2. The van der Waals surface area contributed by atoms with E-state index in [-0.39, 0.29) is 6.04 Å². The molecule has 0 heterocycles. The summed E-state index contributed by atoms with van der Waals surface area (Å²) < 4.78 is 22.5. The first kappa shape index (κ1) is 13.2. The lowest BCUT2D eigenvalue weighted by atomic mass is 10.1. The van der Waals surface area contributed by atoms with Crippen LogP contribution in [0.15, 0.2) is 29.2 Å². The molecule has 1 atom stereocenters. The molecule has 5 heteroatoms. The first-order valence-electron chi connectivity index (χ1n) is 5.15. The van der Waals surface area contributed by atoms with Gasteiger partial charge in [0.25, 0.3) is 0 Å². The molecule has 90 valence electrons. The number of nitrogens with one attached hydrogen (secondary N) is 1. The molecule has 1 aromatic carbocycles. The van der Waals surface area contributed by atoms with E-state index in [0.717, 1.165) is 18.5 Å². The van der Waals surface area contributed by atoms with E-state index < -0.39 is 9.84 Å². The van der Waals surface area contributed by atoms with Crippen LogP contribution in [0.4, 0.5) is 0 Å². The molecular formula is C11H18N2O2S. The lowest BCUT2D eigenvalue weighted by Gasteiger charge is -2.11. The molecule has 0 amide bonds. The van der Waals surface area contributed by atoms with Gasteiger partial charge >= 0.3 is 0 Å². The Bertz CT molecular complexity index is 426. The Morgan fingerprint density at radius 1 is 1.31 bits per heavy atom. The second-order valence-electron chi connectivity index (χ2n) is 3.84. The van der Waals surface area contributed by atoms with Crippen molar-refractivity contribution in [1.29, 1.82) is 0 Å². The van der Waals surface area contributed by atoms with Gasteiger partial charge in [-0.3, -0.25) is 0 Å². The maximum Gasteiger partial charge on any atom is 0.175 e. The van der Waals surface area contributed by atoms with Crippen molar-refractivity contribution in [2.24, 2.45) is 5.73 Å². The highest BCUT2D eigenvalue weighted by Crippen LogP contribution is 2.16. The van der Waals surface area contributed by atoms with Crippen molar-refractivity contribution >= 4 is 9.84 Å². The molecule has 0 saturated carbocycles. The lowest BCUT2D eigenvalue weighted by Crippen LogP contribution is -2.17. The van der Waals surface area contributed by atoms with Crippen molar-refractivity contribution < 1.29 is 8.42 Å². The van der Waals surface area contributed by atoms with E-state index in [1.165, 1.54) is 6.26 Å². The third-order valence-electron chi connectivity index (χ3n) is 2.44. The van der Waals surface area contributed by atoms with Crippen molar-refractivity contribution in [3.63, 3.8) is 0 Å². The van der Waals surface area contributed by atoms with E-state index in [2.05, 4.69) is 5.32 Å². The van der Waals surface area contributed by atoms with E-state index in [9.17, 15) is 8.42 Å². The Morgan fingerprint density at radius 2 is 1.88 bits per heavy atom. The van der Waals surface area contributed by atoms with Gasteiger partial charge < -0.3 is 11.1 Å². The monoisotopic (exact) mass is 242 g/mol. The zero-order valence-corrected chi connectivity index (χ0v) is 10.4. The summed E-state index contributed by atoms with van der Waals surface area (Å²) in [4.78, 5) is 0.331. The largest absolute Gasteiger partial charge is 0.324 e. The van der Waals surface area contributed by atoms with Crippen LogP contribution in [0.3, 0.4) is 0 Å². The normalized spacial score (nSPS) is 13.7. The number of nitrogens with two attached hydrogens (primary N) is 1. The molecule has 0 aromatic heterocycles. The van der Waals surface area contributed by atoms with Gasteiger partial charge in [0.2, 0.25) is 0 Å². The third kappa shape index (κ3) is 3.59. The van der Waals surface area contributed by atoms with Gasteiger partial charge in [0.05, 0.1) is 4.90 Å². The summed E-state index contributed by atoms with van der Waals surface area (Å²) >= 11 is 0. The fourth-order valence-corrected chi connectivity index (χ4v) is 2.06. The minimum absolute atomic E-state index is 0.0546. The molecule has 16 heavy (non-hydrogen) atoms. The van der Waals surface area contributed by atoms with Crippen LogP contribution in [0.25, 0.3) is 0 Å². The van der Waals surface area contributed by atoms with E-state index in [1.54, 1.807) is 24.3 Å². The van der Waals surface area contributed by atoms with Crippen molar-refractivity contribution in [3.8, 4) is 0 Å². The maximum atomic E-state index is 11.2. The van der Waals surface area contributed by atoms with Crippen LogP contribution in [0.2, 0.25) is 0 Å². The first-order valence-corrected chi connectivity index (χ1v) is 7.04. The molecule has 1 rings (SSSR count). The Kier molecular flexibility index (Phi) is 4.46. The molecule has 1 unspecified atom stereocenters. The van der Waals surface area contributed by atoms with Gasteiger partial charge in [-0.05, 0) is 37.7 Å². The Morgan fingerprint density at radius 3 is 2.31 bits per heavy atom. The van der Waals surface area contributed by atoms with Gasteiger partial charge in [-0.25, -0.2) is 8.42 Å². The van der Waals surface area contributed by atoms with Crippen LogP contribution in [-0.2, 0) is 9.84 Å². The van der Waals surface area contributed by atoms with Crippen LogP contribution < -0.4 is 11.1 Å². The molecule has 0 aliphatic heterocycles. The standard InChI is InChI=1S/C11H18N2O2S/c1-13-8-7-11(12)9-3-5-10(6-4-9)16(2,14)15/h3-6,11,13H,7-8,12H2,1-2H3. The third-order valence-corrected chi connectivity index (χ3v) is 3.57. The summed E-state index contributed by atoms with van der Waals surface area (Å²) in [5.41, 5.74) is 6.91. The molecule has 0 aliphatic carbocycles. The fraction of sp³-hybridized carbons (Fsp3) is 0.455. The van der Waals surface area contributed by atoms with Gasteiger partial charge in [0.15, 0.2) is 9.84 Å². The molecule has 0 aliphatic rings. The van der Waals surface area contributed by atoms with Gasteiger partial charge in [-0.15, -0.1) is 0 Å². The van der Waals surface area contributed by atoms with Crippen molar-refractivity contribution in [1.82, 2.24) is 5.32 Å². The molecule has 4 nitrogen and oxygen atoms in total. The fourth-order valence-electron chi connectivity index (χ4n) is 1.43. The maximum absolute atomic E-state index is 11.2. The van der Waals surface area contributed by atoms with E-state index >= 15 is 0 Å². The van der Waals surface area contributed by atoms with Crippen molar-refractivity contribution in [3.05, 3.63) is 29.8 Å². The molecule has 0 radical (unpaired) electrons. The number of rotatable bonds is 5. The average Bonchev–Trinajstić information content (AvgIpc) is 2.25. The van der Waals surface area contributed by atoms with Crippen molar-refractivity contribution in [2.45, 2.75) is 17.4 Å². The quantitative estimate of drug-likeness (QED) is 0.797. The highest BCUT2D eigenvalue weighted by molar-refractivity contribution is 7.90. The van der Waals surface area contributed by atoms with Crippen LogP contribution in [-0.4, -0.2) is 28.3 Å². The second kappa shape index (κ2) is 5.43. The number of benzene rings is 1. The Labute approximate surface area is 96.8 Å². The SMILES string of the molecule is CNCCC(N)c1ccc(S(C)(=O)=O)cc1. The smallest absolute Gasteiger partial charge is 0.175 e. The van der Waals surface area contributed by atoms with Crippen LogP contribution in [0.5, 0.6) is 0 Å². The Hall–Kier alpha value is -0.910. The lowest BCUT2D eigenvalue weighted by molar-refractivity contribution is 0.600. The van der Waals surface area contributed by atoms with Crippen LogP contribution >= 0.6 is 0 Å². The summed E-state index contributed by atoms with van der Waals surface area (Å²) in [6.45, 7) is 0.842. The predicted octanol–water partition coefficient (Wildman–Crippen LogP) is 0.699. The number of hydrogen-bond acceptors (Lipinski definition) is 4. The zero-order valence-electron chi connectivity index (χ0n) is 9.60. The summed E-state index contributed by atoms with van der Waals surface area (Å²) in [5, 5.41) is 3.03. The highest BCUT2D eigenvalue weighted by atomic mass is 32.2. The van der Waals surface area contributed by atoms with Gasteiger partial charge in [-0.2, -0.15) is 0 Å².